The van der Waals surface area contributed by atoms with E-state index < -0.39 is 5.97 Å². The molecule has 0 atom stereocenters. The van der Waals surface area contributed by atoms with E-state index in [-0.39, 0.29) is 5.69 Å². The minimum atomic E-state index is -1.06. The number of carboxylic acids is 1. The molecular formula is C9H13N3O3. The molecule has 2 heterocycles. The maximum Gasteiger partial charge on any atom is 0.357 e. The van der Waals surface area contributed by atoms with E-state index in [4.69, 9.17) is 9.52 Å². The van der Waals surface area contributed by atoms with Gasteiger partial charge in [-0.25, -0.2) is 4.79 Å². The topological polar surface area (TPSA) is 69.8 Å². The smallest absolute Gasteiger partial charge is 0.357 e. The molecule has 0 saturated carbocycles. The number of piperazine rings is 1. The Labute approximate surface area is 87.1 Å². The van der Waals surface area contributed by atoms with E-state index >= 15 is 0 Å². The summed E-state index contributed by atoms with van der Waals surface area (Å²) in [6.07, 6.45) is 1.18. The van der Waals surface area contributed by atoms with Gasteiger partial charge in [0.25, 0.3) is 6.01 Å². The van der Waals surface area contributed by atoms with Gasteiger partial charge in [0.2, 0.25) is 0 Å². The lowest BCUT2D eigenvalue weighted by Crippen LogP contribution is -2.44. The second kappa shape index (κ2) is 3.90. The molecule has 0 bridgehead atoms. The van der Waals surface area contributed by atoms with Crippen LogP contribution < -0.4 is 4.90 Å². The molecule has 2 rings (SSSR count). The molecule has 0 spiro atoms. The zero-order chi connectivity index (χ0) is 10.8. The van der Waals surface area contributed by atoms with Gasteiger partial charge >= 0.3 is 5.97 Å². The van der Waals surface area contributed by atoms with Crippen molar-refractivity contribution in [2.24, 2.45) is 0 Å². The van der Waals surface area contributed by atoms with Crippen molar-refractivity contribution in [3.05, 3.63) is 12.0 Å². The highest BCUT2D eigenvalue weighted by molar-refractivity contribution is 5.85. The third kappa shape index (κ3) is 2.10. The van der Waals surface area contributed by atoms with Crippen LogP contribution >= 0.6 is 0 Å². The van der Waals surface area contributed by atoms with Crippen molar-refractivity contribution in [1.82, 2.24) is 9.88 Å². The van der Waals surface area contributed by atoms with Crippen LogP contribution in [0.1, 0.15) is 10.5 Å². The van der Waals surface area contributed by atoms with Gasteiger partial charge in [0.1, 0.15) is 6.26 Å². The van der Waals surface area contributed by atoms with E-state index in [1.165, 1.54) is 6.26 Å². The number of aromatic carboxylic acids is 1. The molecule has 1 aliphatic heterocycles. The number of aromatic nitrogens is 1. The summed E-state index contributed by atoms with van der Waals surface area (Å²) in [6, 6.07) is 0.403. The first-order valence-corrected chi connectivity index (χ1v) is 4.79. The van der Waals surface area contributed by atoms with Crippen LogP contribution in [-0.4, -0.2) is 54.2 Å². The molecule has 1 fully saturated rings. The van der Waals surface area contributed by atoms with Gasteiger partial charge in [0.05, 0.1) is 0 Å². The average Bonchev–Trinajstić information content (AvgIpc) is 2.68. The Bertz CT molecular complexity index is 355. The first-order valence-electron chi connectivity index (χ1n) is 4.79. The molecule has 1 aromatic heterocycles. The van der Waals surface area contributed by atoms with Crippen LogP contribution in [0.3, 0.4) is 0 Å². The number of rotatable bonds is 2. The molecular weight excluding hydrogens is 198 g/mol. The van der Waals surface area contributed by atoms with Gasteiger partial charge in [-0.1, -0.05) is 0 Å². The molecule has 82 valence electrons. The largest absolute Gasteiger partial charge is 0.476 e. The Hall–Kier alpha value is -1.56. The normalized spacial score (nSPS) is 18.1. The third-order valence-corrected chi connectivity index (χ3v) is 2.48. The number of hydrogen-bond acceptors (Lipinski definition) is 5. The SMILES string of the molecule is CN1CCN(c2nc(C(=O)O)co2)CC1. The van der Waals surface area contributed by atoms with Crippen molar-refractivity contribution >= 4 is 12.0 Å². The summed E-state index contributed by atoms with van der Waals surface area (Å²) in [5.74, 6) is -1.06. The van der Waals surface area contributed by atoms with Crippen LogP contribution in [0.25, 0.3) is 0 Å². The second-order valence-electron chi connectivity index (χ2n) is 3.61. The maximum atomic E-state index is 10.6. The van der Waals surface area contributed by atoms with Gasteiger partial charge in [0, 0.05) is 26.2 Å². The fourth-order valence-electron chi connectivity index (χ4n) is 1.51. The Balaban J connectivity index is 2.06. The van der Waals surface area contributed by atoms with Gasteiger partial charge in [-0.05, 0) is 7.05 Å². The predicted molar refractivity (Wildman–Crippen MR) is 53.2 cm³/mol. The van der Waals surface area contributed by atoms with Gasteiger partial charge in [-0.15, -0.1) is 0 Å². The number of anilines is 1. The van der Waals surface area contributed by atoms with Crippen LogP contribution in [0, 0.1) is 0 Å². The Morgan fingerprint density at radius 2 is 2.13 bits per heavy atom. The molecule has 0 unspecified atom stereocenters. The summed E-state index contributed by atoms with van der Waals surface area (Å²) in [5.41, 5.74) is -0.0380. The van der Waals surface area contributed by atoms with Crippen molar-refractivity contribution in [3.8, 4) is 0 Å². The number of nitrogens with zero attached hydrogens (tertiary/aromatic N) is 3. The quantitative estimate of drug-likeness (QED) is 0.749. The van der Waals surface area contributed by atoms with Gasteiger partial charge in [-0.2, -0.15) is 4.98 Å². The Morgan fingerprint density at radius 1 is 1.47 bits per heavy atom. The standard InChI is InChI=1S/C9H13N3O3/c1-11-2-4-12(5-3-11)9-10-7(6-15-9)8(13)14/h6H,2-5H2,1H3,(H,13,14). The molecule has 1 saturated heterocycles. The van der Waals surface area contributed by atoms with Crippen molar-refractivity contribution in [3.63, 3.8) is 0 Å². The molecule has 1 aromatic rings. The molecule has 6 heteroatoms. The number of carbonyl (C=O) groups is 1. The number of oxazole rings is 1. The molecule has 6 nitrogen and oxygen atoms in total. The van der Waals surface area contributed by atoms with Crippen molar-refractivity contribution < 1.29 is 14.3 Å². The van der Waals surface area contributed by atoms with E-state index in [0.717, 1.165) is 26.2 Å². The van der Waals surface area contributed by atoms with Crippen molar-refractivity contribution in [2.45, 2.75) is 0 Å². The number of carboxylic acid groups (broad SMARTS) is 1. The highest BCUT2D eigenvalue weighted by atomic mass is 16.4. The van der Waals surface area contributed by atoms with Gasteiger partial charge in [0.15, 0.2) is 5.69 Å². The Kier molecular flexibility index (Phi) is 2.59. The summed E-state index contributed by atoms with van der Waals surface area (Å²) in [5, 5.41) is 8.69. The van der Waals surface area contributed by atoms with E-state index in [9.17, 15) is 4.79 Å². The second-order valence-corrected chi connectivity index (χ2v) is 3.61. The summed E-state index contributed by atoms with van der Waals surface area (Å²) in [4.78, 5) is 18.7. The van der Waals surface area contributed by atoms with E-state index in [2.05, 4.69) is 16.9 Å². The summed E-state index contributed by atoms with van der Waals surface area (Å²) < 4.78 is 5.12. The molecule has 1 aliphatic rings. The molecule has 1 N–H and O–H groups in total. The van der Waals surface area contributed by atoms with Crippen LogP contribution in [0.5, 0.6) is 0 Å². The monoisotopic (exact) mass is 211 g/mol. The maximum absolute atomic E-state index is 10.6. The Morgan fingerprint density at radius 3 is 2.67 bits per heavy atom. The molecule has 0 radical (unpaired) electrons. The van der Waals surface area contributed by atoms with Gasteiger partial charge in [-0.3, -0.25) is 0 Å². The predicted octanol–water partition coefficient (Wildman–Crippen LogP) is 0.125. The van der Waals surface area contributed by atoms with Crippen LogP contribution in [0.15, 0.2) is 10.7 Å². The first kappa shape index (κ1) is 9.97. The van der Waals surface area contributed by atoms with Crippen LogP contribution in [0.2, 0.25) is 0 Å². The fourth-order valence-corrected chi connectivity index (χ4v) is 1.51. The molecule has 0 aromatic carbocycles. The lowest BCUT2D eigenvalue weighted by Gasteiger charge is -2.31. The minimum Gasteiger partial charge on any atom is -0.476 e. The third-order valence-electron chi connectivity index (χ3n) is 2.48. The minimum absolute atomic E-state index is 0.0380. The highest BCUT2D eigenvalue weighted by Gasteiger charge is 2.19. The van der Waals surface area contributed by atoms with Crippen LogP contribution in [-0.2, 0) is 0 Å². The van der Waals surface area contributed by atoms with Crippen molar-refractivity contribution in [2.75, 3.05) is 38.1 Å². The molecule has 0 amide bonds. The lowest BCUT2D eigenvalue weighted by atomic mass is 10.3. The summed E-state index contributed by atoms with van der Waals surface area (Å²) >= 11 is 0. The molecule has 15 heavy (non-hydrogen) atoms. The zero-order valence-corrected chi connectivity index (χ0v) is 8.51. The first-order chi connectivity index (χ1) is 7.16. The fraction of sp³-hybridized carbons (Fsp3) is 0.556. The zero-order valence-electron chi connectivity index (χ0n) is 8.51. The number of hydrogen-bond donors (Lipinski definition) is 1. The highest BCUT2D eigenvalue weighted by Crippen LogP contribution is 2.15. The van der Waals surface area contributed by atoms with Gasteiger partial charge < -0.3 is 19.3 Å². The summed E-state index contributed by atoms with van der Waals surface area (Å²) in [7, 11) is 2.05. The van der Waals surface area contributed by atoms with E-state index in [0.29, 0.717) is 6.01 Å². The van der Waals surface area contributed by atoms with E-state index in [1.54, 1.807) is 0 Å². The van der Waals surface area contributed by atoms with E-state index in [1.807, 2.05) is 4.90 Å². The van der Waals surface area contributed by atoms with Crippen molar-refractivity contribution in [1.29, 1.82) is 0 Å². The summed E-state index contributed by atoms with van der Waals surface area (Å²) in [6.45, 7) is 3.50. The molecule has 0 aliphatic carbocycles. The van der Waals surface area contributed by atoms with Crippen LogP contribution in [0.4, 0.5) is 6.01 Å². The average molecular weight is 211 g/mol. The lowest BCUT2D eigenvalue weighted by molar-refractivity contribution is 0.0690. The number of likely N-dealkylation sites (N-methyl/N-ethyl adjacent to an activating group) is 1.